The Morgan fingerprint density at radius 3 is 2.88 bits per heavy atom. The van der Waals surface area contributed by atoms with Crippen LogP contribution in [-0.4, -0.2) is 25.5 Å². The molecule has 0 radical (unpaired) electrons. The molecule has 0 spiro atoms. The van der Waals surface area contributed by atoms with Crippen LogP contribution < -0.4 is 40.4 Å². The number of carboxylic acids is 1. The van der Waals surface area contributed by atoms with E-state index in [-0.39, 0.29) is 36.0 Å². The van der Waals surface area contributed by atoms with Crippen LogP contribution in [0.2, 0.25) is 0 Å². The van der Waals surface area contributed by atoms with Gasteiger partial charge >= 0.3 is 29.6 Å². The Bertz CT molecular complexity index is 527. The topological polar surface area (TPSA) is 110 Å². The number of carbonyl (C=O) groups excluding carboxylic acids is 1. The Balaban J connectivity index is 0.00000144. The molecule has 0 atom stereocenters. The fourth-order valence-electron chi connectivity index (χ4n) is 1.46. The zero-order chi connectivity index (χ0) is 11.5. The minimum Gasteiger partial charge on any atom is -0.550 e. The molecular weight excluding hydrogens is 233 g/mol. The number of nitrogens with zero attached hydrogens (tertiary/aromatic N) is 4. The number of aromatic nitrogens is 4. The molecule has 2 aromatic rings. The average molecular weight is 243 g/mol. The molecule has 8 heteroatoms. The Labute approximate surface area is 119 Å². The smallest absolute Gasteiger partial charge is 0.550 e. The maximum absolute atomic E-state index is 10.3. The monoisotopic (exact) mass is 243 g/mol. The molecule has 17 heavy (non-hydrogen) atoms. The number of nitrogen functional groups attached to an aromatic ring is 1. The second kappa shape index (κ2) is 5.95. The number of carbonyl (C=O) groups is 1. The Hall–Kier alpha value is -1.18. The quantitative estimate of drug-likeness (QED) is 0.547. The third kappa shape index (κ3) is 3.15. The molecular formula is C9H10N5NaO2. The molecule has 0 aliphatic carbocycles. The average Bonchev–Trinajstić information content (AvgIpc) is 2.63. The first kappa shape index (κ1) is 13.9. The predicted molar refractivity (Wildman–Crippen MR) is 54.0 cm³/mol. The molecule has 2 N–H and O–H groups in total. The van der Waals surface area contributed by atoms with Gasteiger partial charge in [-0.3, -0.25) is 0 Å². The summed E-state index contributed by atoms with van der Waals surface area (Å²) in [5.41, 5.74) is 6.77. The van der Waals surface area contributed by atoms with Crippen LogP contribution in [-0.2, 0) is 11.3 Å². The summed E-state index contributed by atoms with van der Waals surface area (Å²) in [7, 11) is 0. The number of anilines is 1. The van der Waals surface area contributed by atoms with Crippen LogP contribution in [0.15, 0.2) is 12.7 Å². The zero-order valence-corrected chi connectivity index (χ0v) is 11.5. The van der Waals surface area contributed by atoms with Crippen molar-refractivity contribution in [3.63, 3.8) is 0 Å². The maximum Gasteiger partial charge on any atom is 1.00 e. The summed E-state index contributed by atoms with van der Waals surface area (Å²) in [6.07, 6.45) is 3.41. The summed E-state index contributed by atoms with van der Waals surface area (Å²) < 4.78 is 1.75. The molecule has 7 nitrogen and oxygen atoms in total. The van der Waals surface area contributed by atoms with Gasteiger partial charge in [0.05, 0.1) is 6.33 Å². The molecule has 0 unspecified atom stereocenters. The van der Waals surface area contributed by atoms with Crippen LogP contribution >= 0.6 is 0 Å². The first-order valence-electron chi connectivity index (χ1n) is 4.79. The number of carboxylic acid groups (broad SMARTS) is 1. The molecule has 0 saturated carbocycles. The number of imidazole rings is 1. The van der Waals surface area contributed by atoms with Crippen LogP contribution in [0.25, 0.3) is 11.2 Å². The van der Waals surface area contributed by atoms with Gasteiger partial charge in [0.2, 0.25) is 0 Å². The third-order valence-electron chi connectivity index (χ3n) is 2.21. The van der Waals surface area contributed by atoms with Crippen molar-refractivity contribution in [2.75, 3.05) is 5.73 Å². The van der Waals surface area contributed by atoms with Crippen LogP contribution in [0.5, 0.6) is 0 Å². The van der Waals surface area contributed by atoms with E-state index in [0.29, 0.717) is 29.9 Å². The number of aryl methyl sites for hydroxylation is 1. The van der Waals surface area contributed by atoms with Gasteiger partial charge < -0.3 is 20.2 Å². The van der Waals surface area contributed by atoms with Crippen molar-refractivity contribution in [3.05, 3.63) is 12.7 Å². The Morgan fingerprint density at radius 2 is 2.18 bits per heavy atom. The summed E-state index contributed by atoms with van der Waals surface area (Å²) in [5.74, 6) is -0.734. The molecule has 0 bridgehead atoms. The van der Waals surface area contributed by atoms with Gasteiger partial charge in [-0.05, 0) is 12.8 Å². The molecule has 2 aromatic heterocycles. The van der Waals surface area contributed by atoms with E-state index in [2.05, 4.69) is 15.0 Å². The largest absolute Gasteiger partial charge is 1.00 e. The minimum absolute atomic E-state index is 0. The zero-order valence-electron chi connectivity index (χ0n) is 9.46. The maximum atomic E-state index is 10.3. The van der Waals surface area contributed by atoms with Crippen LogP contribution in [0.1, 0.15) is 12.8 Å². The van der Waals surface area contributed by atoms with Crippen LogP contribution in [0.4, 0.5) is 5.82 Å². The fourth-order valence-corrected chi connectivity index (χ4v) is 1.46. The number of rotatable bonds is 4. The van der Waals surface area contributed by atoms with Crippen LogP contribution in [0.3, 0.4) is 0 Å². The van der Waals surface area contributed by atoms with E-state index in [1.54, 1.807) is 10.9 Å². The molecule has 84 valence electrons. The fraction of sp³-hybridized carbons (Fsp3) is 0.333. The van der Waals surface area contributed by atoms with Gasteiger partial charge in [0, 0.05) is 12.5 Å². The summed E-state index contributed by atoms with van der Waals surface area (Å²) >= 11 is 0. The van der Waals surface area contributed by atoms with Crippen molar-refractivity contribution in [1.82, 2.24) is 19.5 Å². The molecule has 2 heterocycles. The predicted octanol–water partition coefficient (Wildman–Crippen LogP) is -4.06. The number of aliphatic carboxylic acids is 1. The van der Waals surface area contributed by atoms with Crippen molar-refractivity contribution >= 4 is 23.0 Å². The molecule has 0 aliphatic rings. The van der Waals surface area contributed by atoms with E-state index in [1.807, 2.05) is 0 Å². The van der Waals surface area contributed by atoms with Gasteiger partial charge in [-0.2, -0.15) is 0 Å². The van der Waals surface area contributed by atoms with E-state index in [0.717, 1.165) is 0 Å². The number of hydrogen-bond acceptors (Lipinski definition) is 6. The summed E-state index contributed by atoms with van der Waals surface area (Å²) in [6.45, 7) is 0.515. The van der Waals surface area contributed by atoms with Crippen molar-refractivity contribution in [2.24, 2.45) is 0 Å². The van der Waals surface area contributed by atoms with E-state index >= 15 is 0 Å². The van der Waals surface area contributed by atoms with Crippen molar-refractivity contribution in [2.45, 2.75) is 19.4 Å². The van der Waals surface area contributed by atoms with Crippen LogP contribution in [0, 0.1) is 0 Å². The summed E-state index contributed by atoms with van der Waals surface area (Å²) in [6, 6.07) is 0. The normalized spacial score (nSPS) is 10.1. The van der Waals surface area contributed by atoms with Crippen molar-refractivity contribution < 1.29 is 39.5 Å². The number of fused-ring (bicyclic) bond motifs is 1. The Kier molecular flexibility index (Phi) is 4.86. The Morgan fingerprint density at radius 1 is 1.41 bits per heavy atom. The van der Waals surface area contributed by atoms with E-state index in [4.69, 9.17) is 5.73 Å². The van der Waals surface area contributed by atoms with Gasteiger partial charge in [0.15, 0.2) is 11.5 Å². The molecule has 0 aromatic carbocycles. The summed E-state index contributed by atoms with van der Waals surface area (Å²) in [4.78, 5) is 22.2. The number of nitrogens with two attached hydrogens (primary N) is 1. The van der Waals surface area contributed by atoms with Gasteiger partial charge in [-0.1, -0.05) is 0 Å². The first-order chi connectivity index (χ1) is 7.68. The van der Waals surface area contributed by atoms with Gasteiger partial charge in [0.25, 0.3) is 0 Å². The van der Waals surface area contributed by atoms with Crippen molar-refractivity contribution in [1.29, 1.82) is 0 Å². The molecule has 0 fully saturated rings. The minimum atomic E-state index is -1.06. The molecule has 2 rings (SSSR count). The number of hydrogen-bond donors (Lipinski definition) is 1. The SMILES string of the molecule is Nc1ncnc2c1ncn2CCCC(=O)[O-].[Na+]. The molecule has 0 aliphatic heterocycles. The van der Waals surface area contributed by atoms with Gasteiger partial charge in [-0.15, -0.1) is 0 Å². The van der Waals surface area contributed by atoms with E-state index < -0.39 is 5.97 Å². The van der Waals surface area contributed by atoms with E-state index in [9.17, 15) is 9.90 Å². The third-order valence-corrected chi connectivity index (χ3v) is 2.21. The second-order valence-corrected chi connectivity index (χ2v) is 3.34. The summed E-state index contributed by atoms with van der Waals surface area (Å²) in [5, 5.41) is 10.3. The standard InChI is InChI=1S/C9H11N5O2.Na/c10-8-7-9(12-4-11-8)14(5-13-7)3-1-2-6(15)16;/h4-5H,1-3H2,(H,15,16)(H2,10,11,12);/q;+1/p-1. The van der Waals surface area contributed by atoms with Crippen molar-refractivity contribution in [3.8, 4) is 0 Å². The molecule has 0 amide bonds. The van der Waals surface area contributed by atoms with E-state index in [1.165, 1.54) is 6.33 Å². The van der Waals surface area contributed by atoms with Gasteiger partial charge in [0.1, 0.15) is 11.8 Å². The van der Waals surface area contributed by atoms with Gasteiger partial charge in [-0.25, -0.2) is 15.0 Å². The second-order valence-electron chi connectivity index (χ2n) is 3.34. The molecule has 0 saturated heterocycles. The first-order valence-corrected chi connectivity index (χ1v) is 4.79.